The second-order valence-corrected chi connectivity index (χ2v) is 7.83. The van der Waals surface area contributed by atoms with Gasteiger partial charge in [0.15, 0.2) is 17.3 Å². The molecule has 8 heteroatoms. The van der Waals surface area contributed by atoms with Crippen LogP contribution >= 0.6 is 0 Å². The number of halogens is 1. The molecule has 2 aromatic carbocycles. The van der Waals surface area contributed by atoms with Crippen molar-refractivity contribution in [2.45, 2.75) is 25.9 Å². The van der Waals surface area contributed by atoms with E-state index in [1.807, 2.05) is 26.0 Å². The Morgan fingerprint density at radius 3 is 2.44 bits per heavy atom. The Bertz CT molecular complexity index is 1040. The predicted octanol–water partition coefficient (Wildman–Crippen LogP) is 4.03. The van der Waals surface area contributed by atoms with Gasteiger partial charge in [0.25, 0.3) is 5.91 Å². The molecule has 1 aliphatic rings. The van der Waals surface area contributed by atoms with Crippen molar-refractivity contribution in [2.24, 2.45) is 5.73 Å². The number of hydrogen-bond acceptors (Lipinski definition) is 6. The highest BCUT2D eigenvalue weighted by Crippen LogP contribution is 2.41. The Morgan fingerprint density at radius 2 is 1.81 bits per heavy atom. The average molecular weight is 445 g/mol. The van der Waals surface area contributed by atoms with Crippen molar-refractivity contribution >= 4 is 17.7 Å². The van der Waals surface area contributed by atoms with Crippen molar-refractivity contribution in [3.05, 3.63) is 47.3 Å². The molecule has 0 radical (unpaired) electrons. The largest absolute Gasteiger partial charge is 0.495 e. The standard InChI is InChI=1S/C24H29FN2O5/c1-24(2)12-11-15-18(32-24)9-7-16(21(15)30-4)23(28)27(14-6-13-26)17-8-10-19(29-3)22(31-5)20(17)25/h7-12H,6,13-14,26H2,1-5H3. The average Bonchev–Trinajstić information content (AvgIpc) is 2.78. The number of rotatable bonds is 8. The third kappa shape index (κ3) is 4.36. The number of nitrogens with two attached hydrogens (primary N) is 1. The maximum Gasteiger partial charge on any atom is 0.262 e. The Kier molecular flexibility index (Phi) is 6.93. The fourth-order valence-corrected chi connectivity index (χ4v) is 3.63. The van der Waals surface area contributed by atoms with Gasteiger partial charge in [0.05, 0.1) is 38.1 Å². The zero-order valence-corrected chi connectivity index (χ0v) is 19.0. The number of carbonyl (C=O) groups excluding carboxylic acids is 1. The number of amides is 1. The lowest BCUT2D eigenvalue weighted by Crippen LogP contribution is -2.34. The molecule has 1 heterocycles. The van der Waals surface area contributed by atoms with Gasteiger partial charge < -0.3 is 29.6 Å². The van der Waals surface area contributed by atoms with Crippen LogP contribution in [0.1, 0.15) is 36.2 Å². The normalized spacial score (nSPS) is 13.7. The summed E-state index contributed by atoms with van der Waals surface area (Å²) in [7, 11) is 4.25. The maximum absolute atomic E-state index is 15.3. The fraction of sp³-hybridized carbons (Fsp3) is 0.375. The van der Waals surface area contributed by atoms with Gasteiger partial charge in [-0.2, -0.15) is 0 Å². The minimum Gasteiger partial charge on any atom is -0.495 e. The topological polar surface area (TPSA) is 83.3 Å². The van der Waals surface area contributed by atoms with E-state index in [4.69, 9.17) is 24.7 Å². The van der Waals surface area contributed by atoms with Gasteiger partial charge in [-0.25, -0.2) is 4.39 Å². The number of methoxy groups -OCH3 is 3. The molecule has 0 fully saturated rings. The predicted molar refractivity (Wildman–Crippen MR) is 122 cm³/mol. The van der Waals surface area contributed by atoms with Gasteiger partial charge in [-0.1, -0.05) is 0 Å². The monoisotopic (exact) mass is 444 g/mol. The molecule has 2 aromatic rings. The van der Waals surface area contributed by atoms with Crippen molar-refractivity contribution in [2.75, 3.05) is 39.3 Å². The molecule has 0 aliphatic carbocycles. The zero-order valence-electron chi connectivity index (χ0n) is 19.0. The van der Waals surface area contributed by atoms with Gasteiger partial charge >= 0.3 is 0 Å². The lowest BCUT2D eigenvalue weighted by Gasteiger charge is -2.30. The second kappa shape index (κ2) is 9.48. The van der Waals surface area contributed by atoms with E-state index >= 15 is 4.39 Å². The van der Waals surface area contributed by atoms with Crippen molar-refractivity contribution in [3.8, 4) is 23.0 Å². The highest BCUT2D eigenvalue weighted by molar-refractivity contribution is 6.09. The number of benzene rings is 2. The maximum atomic E-state index is 15.3. The molecular formula is C24H29FN2O5. The van der Waals surface area contributed by atoms with Gasteiger partial charge in [0.2, 0.25) is 0 Å². The van der Waals surface area contributed by atoms with Crippen molar-refractivity contribution in [3.63, 3.8) is 0 Å². The number of fused-ring (bicyclic) bond motifs is 1. The summed E-state index contributed by atoms with van der Waals surface area (Å²) in [6, 6.07) is 6.40. The Labute approximate surface area is 187 Å². The van der Waals surface area contributed by atoms with E-state index < -0.39 is 17.3 Å². The fourth-order valence-electron chi connectivity index (χ4n) is 3.63. The van der Waals surface area contributed by atoms with Gasteiger partial charge in [0, 0.05) is 6.54 Å². The highest BCUT2D eigenvalue weighted by Gasteiger charge is 2.30. The van der Waals surface area contributed by atoms with Crippen molar-refractivity contribution in [1.29, 1.82) is 0 Å². The van der Waals surface area contributed by atoms with Gasteiger partial charge in [0.1, 0.15) is 17.1 Å². The van der Waals surface area contributed by atoms with Crippen molar-refractivity contribution in [1.82, 2.24) is 0 Å². The summed E-state index contributed by atoms with van der Waals surface area (Å²) < 4.78 is 37.2. The van der Waals surface area contributed by atoms with Gasteiger partial charge in [-0.3, -0.25) is 4.79 Å². The van der Waals surface area contributed by atoms with E-state index in [1.165, 1.54) is 32.3 Å². The molecule has 7 nitrogen and oxygen atoms in total. The molecule has 0 spiro atoms. The molecule has 172 valence electrons. The molecule has 1 aliphatic heterocycles. The lowest BCUT2D eigenvalue weighted by atomic mass is 9.99. The molecule has 0 aromatic heterocycles. The third-order valence-electron chi connectivity index (χ3n) is 5.20. The van der Waals surface area contributed by atoms with Gasteiger partial charge in [-0.05, 0) is 63.2 Å². The highest BCUT2D eigenvalue weighted by atomic mass is 19.1. The molecule has 0 bridgehead atoms. The van der Waals surface area contributed by atoms with Crippen LogP contribution in [0.15, 0.2) is 30.3 Å². The van der Waals surface area contributed by atoms with Crippen LogP contribution in [0.3, 0.4) is 0 Å². The number of nitrogens with zero attached hydrogens (tertiary/aromatic N) is 1. The quantitative estimate of drug-likeness (QED) is 0.662. The number of carbonyl (C=O) groups is 1. The third-order valence-corrected chi connectivity index (χ3v) is 5.20. The van der Waals surface area contributed by atoms with E-state index in [0.717, 1.165) is 0 Å². The van der Waals surface area contributed by atoms with Crippen LogP contribution in [0.5, 0.6) is 23.0 Å². The van der Waals surface area contributed by atoms with Crippen LogP contribution in [-0.2, 0) is 0 Å². The number of ether oxygens (including phenoxy) is 4. The Morgan fingerprint density at radius 1 is 1.09 bits per heavy atom. The molecule has 2 N–H and O–H groups in total. The number of hydrogen-bond donors (Lipinski definition) is 1. The molecule has 0 saturated heterocycles. The first kappa shape index (κ1) is 23.4. The van der Waals surface area contributed by atoms with E-state index in [9.17, 15) is 4.79 Å². The van der Waals surface area contributed by atoms with Crippen LogP contribution < -0.4 is 29.6 Å². The zero-order chi connectivity index (χ0) is 23.5. The minimum atomic E-state index is -0.695. The first-order valence-corrected chi connectivity index (χ1v) is 10.3. The molecular weight excluding hydrogens is 415 g/mol. The molecule has 3 rings (SSSR count). The van der Waals surface area contributed by atoms with E-state index in [1.54, 1.807) is 18.2 Å². The molecule has 1 amide bonds. The summed E-state index contributed by atoms with van der Waals surface area (Å²) >= 11 is 0. The summed E-state index contributed by atoms with van der Waals surface area (Å²) in [6.07, 6.45) is 4.24. The van der Waals surface area contributed by atoms with Crippen LogP contribution in [0.2, 0.25) is 0 Å². The van der Waals surface area contributed by atoms with Crippen LogP contribution in [0.4, 0.5) is 10.1 Å². The minimum absolute atomic E-state index is 0.0637. The summed E-state index contributed by atoms with van der Waals surface area (Å²) in [5, 5.41) is 0. The van der Waals surface area contributed by atoms with Crippen molar-refractivity contribution < 1.29 is 28.1 Å². The summed E-state index contributed by atoms with van der Waals surface area (Å²) in [6.45, 7) is 4.42. The van der Waals surface area contributed by atoms with Crippen LogP contribution in [0.25, 0.3) is 6.08 Å². The van der Waals surface area contributed by atoms with E-state index in [2.05, 4.69) is 0 Å². The Hall–Kier alpha value is -3.26. The van der Waals surface area contributed by atoms with E-state index in [0.29, 0.717) is 30.0 Å². The van der Waals surface area contributed by atoms with Crippen LogP contribution in [0, 0.1) is 5.82 Å². The second-order valence-electron chi connectivity index (χ2n) is 7.83. The molecule has 0 unspecified atom stereocenters. The van der Waals surface area contributed by atoms with Gasteiger partial charge in [-0.15, -0.1) is 0 Å². The molecule has 0 saturated carbocycles. The summed E-state index contributed by atoms with van der Waals surface area (Å²) in [5.74, 6) is -0.000996. The van der Waals surface area contributed by atoms with E-state index in [-0.39, 0.29) is 29.3 Å². The van der Waals surface area contributed by atoms with Crippen LogP contribution in [-0.4, -0.2) is 45.9 Å². The number of anilines is 1. The molecule has 0 atom stereocenters. The molecule has 32 heavy (non-hydrogen) atoms. The SMILES string of the molecule is COc1ccc(N(CCCN)C(=O)c2ccc3c(c2OC)C=CC(C)(C)O3)c(F)c1OC. The summed E-state index contributed by atoms with van der Waals surface area (Å²) in [4.78, 5) is 15.0. The lowest BCUT2D eigenvalue weighted by molar-refractivity contribution is 0.0982. The first-order valence-electron chi connectivity index (χ1n) is 10.3. The first-order chi connectivity index (χ1) is 15.3. The summed E-state index contributed by atoms with van der Waals surface area (Å²) in [5.41, 5.74) is 6.21. The Balaban J connectivity index is 2.10. The smallest absolute Gasteiger partial charge is 0.262 e.